The maximum atomic E-state index is 8.98. The summed E-state index contributed by atoms with van der Waals surface area (Å²) in [5, 5.41) is 13.6. The van der Waals surface area contributed by atoms with Crippen molar-refractivity contribution in [3.8, 4) is 6.07 Å². The Morgan fingerprint density at radius 2 is 2.19 bits per heavy atom. The molecule has 1 N–H and O–H groups in total. The molecule has 0 aliphatic heterocycles. The smallest absolute Gasteiger partial charge is 0.103 e. The van der Waals surface area contributed by atoms with E-state index in [4.69, 9.17) is 16.9 Å². The van der Waals surface area contributed by atoms with E-state index < -0.39 is 0 Å². The number of rotatable bonds is 1. The SMILES string of the molecule is CNc1c(C#N)cnc2cc(Cl)c(C)cc12. The lowest BCUT2D eigenvalue weighted by Gasteiger charge is -2.09. The van der Waals surface area contributed by atoms with Gasteiger partial charge in [-0.25, -0.2) is 0 Å². The quantitative estimate of drug-likeness (QED) is 0.821. The number of nitrogens with one attached hydrogen (secondary N) is 1. The largest absolute Gasteiger partial charge is 0.386 e. The maximum absolute atomic E-state index is 8.98. The van der Waals surface area contributed by atoms with E-state index in [-0.39, 0.29) is 0 Å². The van der Waals surface area contributed by atoms with Crippen molar-refractivity contribution in [3.63, 3.8) is 0 Å². The molecule has 3 nitrogen and oxygen atoms in total. The molecule has 2 rings (SSSR count). The van der Waals surface area contributed by atoms with Gasteiger partial charge in [0.25, 0.3) is 0 Å². The van der Waals surface area contributed by atoms with Crippen LogP contribution in [0.1, 0.15) is 11.1 Å². The van der Waals surface area contributed by atoms with Gasteiger partial charge in [-0.05, 0) is 24.6 Å². The highest BCUT2D eigenvalue weighted by atomic mass is 35.5. The lowest BCUT2D eigenvalue weighted by Crippen LogP contribution is -1.96. The molecule has 0 fully saturated rings. The molecule has 16 heavy (non-hydrogen) atoms. The van der Waals surface area contributed by atoms with Gasteiger partial charge in [0.1, 0.15) is 6.07 Å². The molecule has 4 heteroatoms. The number of halogens is 1. The molecule has 0 unspecified atom stereocenters. The second-order valence-electron chi connectivity index (χ2n) is 3.53. The molecule has 0 atom stereocenters. The van der Waals surface area contributed by atoms with Crippen LogP contribution < -0.4 is 5.32 Å². The van der Waals surface area contributed by atoms with E-state index >= 15 is 0 Å². The average molecular weight is 232 g/mol. The highest BCUT2D eigenvalue weighted by Gasteiger charge is 2.08. The highest BCUT2D eigenvalue weighted by Crippen LogP contribution is 2.29. The van der Waals surface area contributed by atoms with E-state index in [1.807, 2.05) is 19.1 Å². The molecule has 1 heterocycles. The number of benzene rings is 1. The predicted molar refractivity (Wildman–Crippen MR) is 65.8 cm³/mol. The van der Waals surface area contributed by atoms with Crippen molar-refractivity contribution in [3.05, 3.63) is 34.5 Å². The van der Waals surface area contributed by atoms with Crippen LogP contribution in [0.4, 0.5) is 5.69 Å². The molecule has 1 aromatic heterocycles. The van der Waals surface area contributed by atoms with Crippen LogP contribution in [-0.2, 0) is 0 Å². The zero-order valence-corrected chi connectivity index (χ0v) is 9.76. The third kappa shape index (κ3) is 1.58. The number of hydrogen-bond acceptors (Lipinski definition) is 3. The number of aryl methyl sites for hydroxylation is 1. The second-order valence-corrected chi connectivity index (χ2v) is 3.93. The molecule has 0 saturated carbocycles. The zero-order chi connectivity index (χ0) is 11.7. The zero-order valence-electron chi connectivity index (χ0n) is 9.00. The first-order chi connectivity index (χ1) is 7.67. The minimum atomic E-state index is 0.539. The molecular weight excluding hydrogens is 222 g/mol. The average Bonchev–Trinajstić information content (AvgIpc) is 2.29. The highest BCUT2D eigenvalue weighted by molar-refractivity contribution is 6.32. The van der Waals surface area contributed by atoms with Gasteiger partial charge in [-0.2, -0.15) is 5.26 Å². The predicted octanol–water partition coefficient (Wildman–Crippen LogP) is 3.11. The summed E-state index contributed by atoms with van der Waals surface area (Å²) in [5.41, 5.74) is 3.10. The van der Waals surface area contributed by atoms with Crippen molar-refractivity contribution in [1.82, 2.24) is 4.98 Å². The Morgan fingerprint density at radius 3 is 2.81 bits per heavy atom. The number of fused-ring (bicyclic) bond motifs is 1. The van der Waals surface area contributed by atoms with Crippen LogP contribution in [0.2, 0.25) is 5.02 Å². The van der Waals surface area contributed by atoms with Crippen LogP contribution in [-0.4, -0.2) is 12.0 Å². The van der Waals surface area contributed by atoms with Gasteiger partial charge in [0.2, 0.25) is 0 Å². The first-order valence-corrected chi connectivity index (χ1v) is 5.22. The summed E-state index contributed by atoms with van der Waals surface area (Å²) in [6, 6.07) is 5.87. The Morgan fingerprint density at radius 1 is 1.44 bits per heavy atom. The fraction of sp³-hybridized carbons (Fsp3) is 0.167. The molecule has 80 valence electrons. The number of hydrogen-bond donors (Lipinski definition) is 1. The van der Waals surface area contributed by atoms with Gasteiger partial charge in [-0.1, -0.05) is 11.6 Å². The van der Waals surface area contributed by atoms with Gasteiger partial charge in [0, 0.05) is 23.7 Å². The maximum Gasteiger partial charge on any atom is 0.103 e. The number of anilines is 1. The van der Waals surface area contributed by atoms with E-state index in [0.29, 0.717) is 10.6 Å². The van der Waals surface area contributed by atoms with Crippen LogP contribution in [0.15, 0.2) is 18.3 Å². The van der Waals surface area contributed by atoms with Crippen molar-refractivity contribution in [2.45, 2.75) is 6.92 Å². The molecular formula is C12H10ClN3. The lowest BCUT2D eigenvalue weighted by molar-refractivity contribution is 1.34. The van der Waals surface area contributed by atoms with E-state index in [0.717, 1.165) is 22.2 Å². The summed E-state index contributed by atoms with van der Waals surface area (Å²) in [6.45, 7) is 1.93. The summed E-state index contributed by atoms with van der Waals surface area (Å²) in [4.78, 5) is 4.22. The van der Waals surface area contributed by atoms with Crippen molar-refractivity contribution in [2.24, 2.45) is 0 Å². The normalized spacial score (nSPS) is 10.1. The number of aromatic nitrogens is 1. The Kier molecular flexibility index (Phi) is 2.67. The van der Waals surface area contributed by atoms with Gasteiger partial charge in [0.05, 0.1) is 16.8 Å². The van der Waals surface area contributed by atoms with Crippen molar-refractivity contribution in [1.29, 1.82) is 5.26 Å². The minimum Gasteiger partial charge on any atom is -0.386 e. The molecule has 0 aliphatic rings. The summed E-state index contributed by atoms with van der Waals surface area (Å²) in [5.74, 6) is 0. The van der Waals surface area contributed by atoms with Gasteiger partial charge < -0.3 is 5.32 Å². The Balaban J connectivity index is 2.88. The van der Waals surface area contributed by atoms with Crippen LogP contribution in [0.3, 0.4) is 0 Å². The summed E-state index contributed by atoms with van der Waals surface area (Å²) in [6.07, 6.45) is 1.56. The van der Waals surface area contributed by atoms with Crippen LogP contribution in [0.25, 0.3) is 10.9 Å². The number of nitrogens with zero attached hydrogens (tertiary/aromatic N) is 2. The first kappa shape index (κ1) is 10.7. The van der Waals surface area contributed by atoms with Crippen molar-refractivity contribution < 1.29 is 0 Å². The molecule has 1 aromatic carbocycles. The Hall–Kier alpha value is -1.79. The molecule has 0 saturated heterocycles. The Bertz CT molecular complexity index is 599. The topological polar surface area (TPSA) is 48.7 Å². The van der Waals surface area contributed by atoms with Crippen molar-refractivity contribution >= 4 is 28.2 Å². The summed E-state index contributed by atoms with van der Waals surface area (Å²) < 4.78 is 0. The van der Waals surface area contributed by atoms with Gasteiger partial charge in [-0.3, -0.25) is 4.98 Å². The number of pyridine rings is 1. The number of nitriles is 1. The molecule has 0 spiro atoms. The fourth-order valence-electron chi connectivity index (χ4n) is 1.68. The van der Waals surface area contributed by atoms with Crippen LogP contribution in [0.5, 0.6) is 0 Å². The minimum absolute atomic E-state index is 0.539. The molecule has 0 bridgehead atoms. The van der Waals surface area contributed by atoms with Crippen molar-refractivity contribution in [2.75, 3.05) is 12.4 Å². The monoisotopic (exact) mass is 231 g/mol. The van der Waals surface area contributed by atoms with Crippen LogP contribution >= 0.6 is 11.6 Å². The third-order valence-corrected chi connectivity index (χ3v) is 2.93. The first-order valence-electron chi connectivity index (χ1n) is 4.84. The van der Waals surface area contributed by atoms with Gasteiger partial charge in [-0.15, -0.1) is 0 Å². The van der Waals surface area contributed by atoms with Gasteiger partial charge >= 0.3 is 0 Å². The Labute approximate surface area is 98.7 Å². The van der Waals surface area contributed by atoms with Gasteiger partial charge in [0.15, 0.2) is 0 Å². The molecule has 0 radical (unpaired) electrons. The molecule has 0 amide bonds. The third-order valence-electron chi connectivity index (χ3n) is 2.52. The van der Waals surface area contributed by atoms with E-state index in [1.165, 1.54) is 0 Å². The summed E-state index contributed by atoms with van der Waals surface area (Å²) >= 11 is 6.03. The summed E-state index contributed by atoms with van der Waals surface area (Å²) in [7, 11) is 1.79. The van der Waals surface area contributed by atoms with Crippen LogP contribution in [0, 0.1) is 18.3 Å². The van der Waals surface area contributed by atoms with E-state index in [9.17, 15) is 0 Å². The lowest BCUT2D eigenvalue weighted by atomic mass is 10.1. The molecule has 2 aromatic rings. The second kappa shape index (κ2) is 3.99. The fourth-order valence-corrected chi connectivity index (χ4v) is 1.83. The standard InChI is InChI=1S/C12H10ClN3/c1-7-3-9-11(4-10(7)13)16-6-8(5-14)12(9)15-2/h3-4,6H,1-2H3,(H,15,16). The van der Waals surface area contributed by atoms with E-state index in [1.54, 1.807) is 13.2 Å². The van der Waals surface area contributed by atoms with E-state index in [2.05, 4.69) is 16.4 Å². The molecule has 0 aliphatic carbocycles.